The number of esters is 2. The molecule has 1 radical (unpaired) electrons. The van der Waals surface area contributed by atoms with Crippen molar-refractivity contribution in [2.24, 2.45) is 0 Å². The summed E-state index contributed by atoms with van der Waals surface area (Å²) in [4.78, 5) is 25.2. The third-order valence-corrected chi connectivity index (χ3v) is 5.49. The van der Waals surface area contributed by atoms with Gasteiger partial charge in [-0.25, -0.2) is 9.59 Å². The van der Waals surface area contributed by atoms with E-state index >= 15 is 0 Å². The highest BCUT2D eigenvalue weighted by molar-refractivity contribution is 5.87. The van der Waals surface area contributed by atoms with Gasteiger partial charge in [0.05, 0.1) is 0 Å². The Morgan fingerprint density at radius 3 is 1.59 bits per heavy atom. The maximum Gasteiger partial charge on any atom is 0.333 e. The molecule has 1 aliphatic heterocycles. The Morgan fingerprint density at radius 1 is 0.938 bits per heavy atom. The molecule has 1 saturated heterocycles. The predicted octanol–water partition coefficient (Wildman–Crippen LogP) is 1.62. The van der Waals surface area contributed by atoms with Crippen molar-refractivity contribution in [3.05, 3.63) is 24.3 Å². The Bertz CT molecular complexity index is 648. The lowest BCUT2D eigenvalue weighted by atomic mass is 9.78. The molecule has 9 nitrogen and oxygen atoms in total. The van der Waals surface area contributed by atoms with Crippen molar-refractivity contribution in [1.82, 2.24) is 9.96 Å². The summed E-state index contributed by atoms with van der Waals surface area (Å²) in [5.74, 6) is -1.19. The number of hydrogen-bond donors (Lipinski definition) is 2. The number of ether oxygens (including phenoxy) is 2. The highest BCUT2D eigenvalue weighted by Gasteiger charge is 2.47. The first-order valence-corrected chi connectivity index (χ1v) is 10.8. The lowest BCUT2D eigenvalue weighted by Crippen LogP contribution is -2.63. The van der Waals surface area contributed by atoms with Crippen LogP contribution in [0.25, 0.3) is 0 Å². The van der Waals surface area contributed by atoms with Crippen LogP contribution in [-0.4, -0.2) is 87.7 Å². The van der Waals surface area contributed by atoms with Gasteiger partial charge >= 0.3 is 11.9 Å². The first-order valence-electron chi connectivity index (χ1n) is 10.8. The first kappa shape index (κ1) is 28.3. The van der Waals surface area contributed by atoms with Gasteiger partial charge in [-0.2, -0.15) is 0 Å². The van der Waals surface area contributed by atoms with Gasteiger partial charge in [-0.3, -0.25) is 4.90 Å². The van der Waals surface area contributed by atoms with Gasteiger partial charge in [-0.1, -0.05) is 13.2 Å². The van der Waals surface area contributed by atoms with Gasteiger partial charge in [0.15, 0.2) is 0 Å². The van der Waals surface area contributed by atoms with Gasteiger partial charge in [-0.05, 0) is 54.4 Å². The molecule has 2 unspecified atom stereocenters. The maximum atomic E-state index is 12.7. The minimum Gasteiger partial charge on any atom is -0.460 e. The molecule has 183 valence electrons. The molecule has 1 aliphatic rings. The minimum atomic E-state index is -1.01. The van der Waals surface area contributed by atoms with Crippen molar-refractivity contribution in [2.75, 3.05) is 26.3 Å². The van der Waals surface area contributed by atoms with Gasteiger partial charge in [0, 0.05) is 41.4 Å². The molecule has 0 saturated carbocycles. The van der Waals surface area contributed by atoms with Crippen LogP contribution in [0.3, 0.4) is 0 Å². The molecule has 1 rings (SSSR count). The van der Waals surface area contributed by atoms with E-state index in [4.69, 9.17) is 9.47 Å². The number of hydrogen-bond acceptors (Lipinski definition) is 8. The average Bonchev–Trinajstić information content (AvgIpc) is 2.66. The molecule has 2 N–H and O–H groups in total. The Balaban J connectivity index is 2.94. The molecule has 0 aromatic heterocycles. The Labute approximate surface area is 191 Å². The van der Waals surface area contributed by atoms with Crippen LogP contribution < -0.4 is 0 Å². The molecular weight excluding hydrogens is 416 g/mol. The lowest BCUT2D eigenvalue weighted by Gasteiger charge is -2.52. The Hall–Kier alpha value is -1.78. The standard InChI is InChI=1S/C23H39N2O7/c1-15(2)20(28)31-13-18(26)11-24(12-19(27)14-32-21(29)16(3)4)17-9-22(5,6)25(30)23(7,8)10-17/h17-19,26-27H,1,3,9-14H2,2,4-8H3. The zero-order valence-corrected chi connectivity index (χ0v) is 20.2. The number of aliphatic hydroxyl groups is 2. The van der Waals surface area contributed by atoms with Crippen molar-refractivity contribution >= 4 is 11.9 Å². The van der Waals surface area contributed by atoms with E-state index in [-0.39, 0.29) is 43.5 Å². The molecule has 32 heavy (non-hydrogen) atoms. The van der Waals surface area contributed by atoms with Crippen LogP contribution in [0.15, 0.2) is 24.3 Å². The predicted molar refractivity (Wildman–Crippen MR) is 119 cm³/mol. The van der Waals surface area contributed by atoms with Gasteiger partial charge in [-0.15, -0.1) is 10.3 Å². The summed E-state index contributed by atoms with van der Waals surface area (Å²) in [7, 11) is 0. The molecule has 0 aromatic rings. The van der Waals surface area contributed by atoms with Crippen LogP contribution in [0.1, 0.15) is 54.4 Å². The van der Waals surface area contributed by atoms with Crippen LogP contribution in [0.4, 0.5) is 0 Å². The first-order chi connectivity index (χ1) is 14.6. The number of rotatable bonds is 11. The molecule has 1 fully saturated rings. The van der Waals surface area contributed by atoms with E-state index in [0.29, 0.717) is 12.8 Å². The molecule has 1 heterocycles. The normalized spacial score (nSPS) is 20.4. The van der Waals surface area contributed by atoms with E-state index < -0.39 is 35.2 Å². The second-order valence-corrected chi connectivity index (χ2v) is 10.0. The fourth-order valence-electron chi connectivity index (χ4n) is 4.08. The molecule has 0 amide bonds. The number of piperidine rings is 1. The minimum absolute atomic E-state index is 0.102. The monoisotopic (exact) mass is 455 g/mol. The zero-order valence-electron chi connectivity index (χ0n) is 20.2. The zero-order chi connectivity index (χ0) is 24.9. The van der Waals surface area contributed by atoms with E-state index in [0.717, 1.165) is 5.06 Å². The molecular formula is C23H39N2O7. The summed E-state index contributed by atoms with van der Waals surface area (Å²) in [6, 6.07) is -0.136. The largest absolute Gasteiger partial charge is 0.460 e. The van der Waals surface area contributed by atoms with Crippen LogP contribution >= 0.6 is 0 Å². The number of nitrogens with zero attached hydrogens (tertiary/aromatic N) is 2. The van der Waals surface area contributed by atoms with Gasteiger partial charge < -0.3 is 19.7 Å². The number of aliphatic hydroxyl groups excluding tert-OH is 2. The lowest BCUT2D eigenvalue weighted by molar-refractivity contribution is -0.295. The van der Waals surface area contributed by atoms with Crippen molar-refractivity contribution in [2.45, 2.75) is 83.7 Å². The van der Waals surface area contributed by atoms with Crippen LogP contribution in [0, 0.1) is 0 Å². The van der Waals surface area contributed by atoms with Crippen molar-refractivity contribution in [3.8, 4) is 0 Å². The van der Waals surface area contributed by atoms with Crippen molar-refractivity contribution in [3.63, 3.8) is 0 Å². The number of carbonyl (C=O) groups excluding carboxylic acids is 2. The summed E-state index contributed by atoms with van der Waals surface area (Å²) in [5.41, 5.74) is -0.844. The van der Waals surface area contributed by atoms with Gasteiger partial charge in [0.2, 0.25) is 0 Å². The molecule has 9 heteroatoms. The van der Waals surface area contributed by atoms with E-state index in [1.807, 2.05) is 32.6 Å². The van der Waals surface area contributed by atoms with Crippen molar-refractivity contribution in [1.29, 1.82) is 0 Å². The molecule has 0 spiro atoms. The van der Waals surface area contributed by atoms with Crippen molar-refractivity contribution < 1.29 is 34.5 Å². The summed E-state index contributed by atoms with van der Waals surface area (Å²) in [6.07, 6.45) is -1.01. The molecule has 0 bridgehead atoms. The smallest absolute Gasteiger partial charge is 0.333 e. The molecule has 0 aromatic carbocycles. The van der Waals surface area contributed by atoms with Crippen LogP contribution in [0.2, 0.25) is 0 Å². The summed E-state index contributed by atoms with van der Waals surface area (Å²) < 4.78 is 10.1. The third-order valence-electron chi connectivity index (χ3n) is 5.49. The van der Waals surface area contributed by atoms with E-state index in [1.165, 1.54) is 13.8 Å². The Morgan fingerprint density at radius 2 is 1.28 bits per heavy atom. The fraction of sp³-hybridized carbons (Fsp3) is 0.739. The third kappa shape index (κ3) is 8.29. The van der Waals surface area contributed by atoms with E-state index in [2.05, 4.69) is 13.2 Å². The summed E-state index contributed by atoms with van der Waals surface area (Å²) in [5, 5.41) is 34.8. The summed E-state index contributed by atoms with van der Waals surface area (Å²) in [6.45, 7) is 17.3. The second kappa shape index (κ2) is 11.4. The van der Waals surface area contributed by atoms with Crippen LogP contribution in [0.5, 0.6) is 0 Å². The maximum absolute atomic E-state index is 12.7. The van der Waals surface area contributed by atoms with E-state index in [1.54, 1.807) is 0 Å². The number of hydroxylamine groups is 2. The highest BCUT2D eigenvalue weighted by atomic mass is 16.5. The SMILES string of the molecule is C=C(C)C(=O)OCC(O)CN(CC(O)COC(=O)C(=C)C)C1CC(C)(C)N([O])C(C)(C)C1. The van der Waals surface area contributed by atoms with Crippen LogP contribution in [-0.2, 0) is 24.3 Å². The Kier molecular flexibility index (Phi) is 10.0. The molecule has 0 aliphatic carbocycles. The quantitative estimate of drug-likeness (QED) is 0.356. The van der Waals surface area contributed by atoms with Gasteiger partial charge in [0.1, 0.15) is 25.4 Å². The van der Waals surface area contributed by atoms with E-state index in [9.17, 15) is 25.0 Å². The fourth-order valence-corrected chi connectivity index (χ4v) is 4.08. The highest BCUT2D eigenvalue weighted by Crippen LogP contribution is 2.39. The van der Waals surface area contributed by atoms with Gasteiger partial charge in [0.25, 0.3) is 0 Å². The number of carbonyl (C=O) groups is 2. The average molecular weight is 456 g/mol. The topological polar surface area (TPSA) is 119 Å². The summed E-state index contributed by atoms with van der Waals surface area (Å²) >= 11 is 0. The second-order valence-electron chi connectivity index (χ2n) is 10.0. The molecule has 2 atom stereocenters.